The topological polar surface area (TPSA) is 30.5 Å². The highest BCUT2D eigenvalue weighted by molar-refractivity contribution is 5.85. The highest BCUT2D eigenvalue weighted by Gasteiger charge is 2.12. The van der Waals surface area contributed by atoms with E-state index in [1.165, 1.54) is 18.4 Å². The average molecular weight is 282 g/mol. The van der Waals surface area contributed by atoms with Gasteiger partial charge in [-0.3, -0.25) is 0 Å². The quantitative estimate of drug-likeness (QED) is 0.904. The molecule has 0 bridgehead atoms. The molecule has 0 aromatic heterocycles. The van der Waals surface area contributed by atoms with Gasteiger partial charge in [-0.2, -0.15) is 0 Å². The van der Waals surface area contributed by atoms with Gasteiger partial charge < -0.3 is 14.8 Å². The molecule has 2 heterocycles. The molecule has 0 saturated carbocycles. The second-order valence-corrected chi connectivity index (χ2v) is 4.85. The molecule has 104 valence electrons. The SMILES string of the molecule is C(=C/C1CCNCC1)/c1ccc2c(c1)OCCO2.Cl. The Labute approximate surface area is 120 Å². The van der Waals surface area contributed by atoms with Crippen molar-refractivity contribution < 1.29 is 9.47 Å². The van der Waals surface area contributed by atoms with Gasteiger partial charge in [0.25, 0.3) is 0 Å². The molecule has 1 saturated heterocycles. The Morgan fingerprint density at radius 3 is 2.58 bits per heavy atom. The van der Waals surface area contributed by atoms with E-state index in [-0.39, 0.29) is 12.4 Å². The minimum atomic E-state index is 0. The van der Waals surface area contributed by atoms with Gasteiger partial charge in [-0.05, 0) is 49.5 Å². The molecule has 3 nitrogen and oxygen atoms in total. The van der Waals surface area contributed by atoms with Gasteiger partial charge in [0.05, 0.1) is 0 Å². The maximum absolute atomic E-state index is 5.59. The third-order valence-electron chi connectivity index (χ3n) is 3.51. The normalized spacial score (nSPS) is 19.2. The number of nitrogens with one attached hydrogen (secondary N) is 1. The van der Waals surface area contributed by atoms with Crippen LogP contribution in [0.3, 0.4) is 0 Å². The summed E-state index contributed by atoms with van der Waals surface area (Å²) in [4.78, 5) is 0. The Hall–Kier alpha value is -1.19. The van der Waals surface area contributed by atoms with E-state index in [1.807, 2.05) is 6.07 Å². The van der Waals surface area contributed by atoms with E-state index >= 15 is 0 Å². The fourth-order valence-electron chi connectivity index (χ4n) is 2.45. The minimum Gasteiger partial charge on any atom is -0.486 e. The van der Waals surface area contributed by atoms with Crippen molar-refractivity contribution >= 4 is 18.5 Å². The van der Waals surface area contributed by atoms with Crippen LogP contribution < -0.4 is 14.8 Å². The number of rotatable bonds is 2. The molecule has 0 atom stereocenters. The summed E-state index contributed by atoms with van der Waals surface area (Å²) in [5.74, 6) is 2.44. The Morgan fingerprint density at radius 1 is 1.05 bits per heavy atom. The summed E-state index contributed by atoms with van der Waals surface area (Å²) < 4.78 is 11.1. The van der Waals surface area contributed by atoms with Crippen molar-refractivity contribution in [3.05, 3.63) is 29.8 Å². The van der Waals surface area contributed by atoms with Crippen LogP contribution in [0.4, 0.5) is 0 Å². The number of piperidine rings is 1. The summed E-state index contributed by atoms with van der Waals surface area (Å²) >= 11 is 0. The molecule has 0 radical (unpaired) electrons. The lowest BCUT2D eigenvalue weighted by molar-refractivity contribution is 0.171. The summed E-state index contributed by atoms with van der Waals surface area (Å²) in [5.41, 5.74) is 1.19. The number of fused-ring (bicyclic) bond motifs is 1. The maximum Gasteiger partial charge on any atom is 0.161 e. The number of hydrogen-bond acceptors (Lipinski definition) is 3. The molecule has 1 N–H and O–H groups in total. The molecular weight excluding hydrogens is 262 g/mol. The van der Waals surface area contributed by atoms with Gasteiger partial charge in [0.1, 0.15) is 13.2 Å². The number of halogens is 1. The van der Waals surface area contributed by atoms with Crippen LogP contribution in [0.2, 0.25) is 0 Å². The van der Waals surface area contributed by atoms with E-state index in [2.05, 4.69) is 29.6 Å². The molecule has 19 heavy (non-hydrogen) atoms. The zero-order valence-electron chi connectivity index (χ0n) is 10.9. The number of benzene rings is 1. The molecule has 1 aromatic rings. The molecule has 0 spiro atoms. The Morgan fingerprint density at radius 2 is 1.79 bits per heavy atom. The smallest absolute Gasteiger partial charge is 0.161 e. The standard InChI is InChI=1S/C15H19NO2.ClH/c1(12-5-7-16-8-6-12)2-13-3-4-14-15(11-13)18-10-9-17-14;/h1-4,11-12,16H,5-10H2;1H/b2-1-;. The van der Waals surface area contributed by atoms with Crippen molar-refractivity contribution in [2.24, 2.45) is 5.92 Å². The van der Waals surface area contributed by atoms with E-state index in [4.69, 9.17) is 9.47 Å². The van der Waals surface area contributed by atoms with Crippen LogP contribution in [0.25, 0.3) is 6.08 Å². The first-order valence-corrected chi connectivity index (χ1v) is 6.70. The van der Waals surface area contributed by atoms with Crippen molar-refractivity contribution in [2.45, 2.75) is 12.8 Å². The van der Waals surface area contributed by atoms with Crippen LogP contribution in [0, 0.1) is 5.92 Å². The number of hydrogen-bond donors (Lipinski definition) is 1. The maximum atomic E-state index is 5.59. The molecule has 0 amide bonds. The molecule has 2 aliphatic heterocycles. The minimum absolute atomic E-state index is 0. The second kappa shape index (κ2) is 6.83. The van der Waals surface area contributed by atoms with Gasteiger partial charge in [0, 0.05) is 0 Å². The Bertz CT molecular complexity index is 442. The molecule has 1 aromatic carbocycles. The third-order valence-corrected chi connectivity index (χ3v) is 3.51. The number of ether oxygens (including phenoxy) is 2. The first-order chi connectivity index (χ1) is 8.92. The van der Waals surface area contributed by atoms with E-state index < -0.39 is 0 Å². The van der Waals surface area contributed by atoms with Crippen molar-refractivity contribution in [2.75, 3.05) is 26.3 Å². The van der Waals surface area contributed by atoms with Crippen molar-refractivity contribution in [1.29, 1.82) is 0 Å². The largest absolute Gasteiger partial charge is 0.486 e. The van der Waals surface area contributed by atoms with Crippen molar-refractivity contribution in [3.8, 4) is 11.5 Å². The van der Waals surface area contributed by atoms with Gasteiger partial charge in [-0.15, -0.1) is 12.4 Å². The Balaban J connectivity index is 0.00000133. The lowest BCUT2D eigenvalue weighted by atomic mass is 9.97. The summed E-state index contributed by atoms with van der Waals surface area (Å²) in [5, 5.41) is 3.38. The van der Waals surface area contributed by atoms with Crippen LogP contribution in [-0.2, 0) is 0 Å². The molecular formula is C15H20ClNO2. The molecule has 1 fully saturated rings. The fourth-order valence-corrected chi connectivity index (χ4v) is 2.45. The van der Waals surface area contributed by atoms with Crippen LogP contribution in [0.5, 0.6) is 11.5 Å². The van der Waals surface area contributed by atoms with Gasteiger partial charge in [0.2, 0.25) is 0 Å². The van der Waals surface area contributed by atoms with E-state index in [0.717, 1.165) is 24.6 Å². The number of allylic oxidation sites excluding steroid dienone is 1. The fraction of sp³-hybridized carbons (Fsp3) is 0.467. The second-order valence-electron chi connectivity index (χ2n) is 4.85. The summed E-state index contributed by atoms with van der Waals surface area (Å²) in [6, 6.07) is 6.15. The third kappa shape index (κ3) is 3.64. The predicted octanol–water partition coefficient (Wildman–Crippen LogP) is 2.89. The predicted molar refractivity (Wildman–Crippen MR) is 79.3 cm³/mol. The average Bonchev–Trinajstić information content (AvgIpc) is 2.46. The van der Waals surface area contributed by atoms with E-state index in [1.54, 1.807) is 0 Å². The van der Waals surface area contributed by atoms with Gasteiger partial charge in [-0.25, -0.2) is 0 Å². The summed E-state index contributed by atoms with van der Waals surface area (Å²) in [6.45, 7) is 3.57. The van der Waals surface area contributed by atoms with Crippen LogP contribution in [0.1, 0.15) is 18.4 Å². The molecule has 2 aliphatic rings. The summed E-state index contributed by atoms with van der Waals surface area (Å²) in [6.07, 6.45) is 7.00. The molecule has 0 aliphatic carbocycles. The van der Waals surface area contributed by atoms with Crippen molar-refractivity contribution in [3.63, 3.8) is 0 Å². The molecule has 3 rings (SSSR count). The molecule has 0 unspecified atom stereocenters. The first kappa shape index (κ1) is 14.2. The van der Waals surface area contributed by atoms with Gasteiger partial charge in [-0.1, -0.05) is 18.2 Å². The Kier molecular flexibility index (Phi) is 5.11. The van der Waals surface area contributed by atoms with Gasteiger partial charge in [0.15, 0.2) is 11.5 Å². The van der Waals surface area contributed by atoms with Crippen LogP contribution in [0.15, 0.2) is 24.3 Å². The van der Waals surface area contributed by atoms with E-state index in [9.17, 15) is 0 Å². The monoisotopic (exact) mass is 281 g/mol. The van der Waals surface area contributed by atoms with Crippen molar-refractivity contribution in [1.82, 2.24) is 5.32 Å². The van der Waals surface area contributed by atoms with Gasteiger partial charge >= 0.3 is 0 Å². The zero-order chi connectivity index (χ0) is 12.2. The summed E-state index contributed by atoms with van der Waals surface area (Å²) in [7, 11) is 0. The van der Waals surface area contributed by atoms with Crippen LogP contribution >= 0.6 is 12.4 Å². The van der Waals surface area contributed by atoms with Crippen LogP contribution in [-0.4, -0.2) is 26.3 Å². The van der Waals surface area contributed by atoms with E-state index in [0.29, 0.717) is 19.1 Å². The highest BCUT2D eigenvalue weighted by Crippen LogP contribution is 2.31. The lowest BCUT2D eigenvalue weighted by Gasteiger charge is -2.20. The highest BCUT2D eigenvalue weighted by atomic mass is 35.5. The molecule has 4 heteroatoms. The first-order valence-electron chi connectivity index (χ1n) is 6.70. The zero-order valence-corrected chi connectivity index (χ0v) is 11.7. The lowest BCUT2D eigenvalue weighted by Crippen LogP contribution is -2.26.